The summed E-state index contributed by atoms with van der Waals surface area (Å²) in [6.07, 6.45) is 4.46. The second kappa shape index (κ2) is 5.42. The number of furan rings is 1. The smallest absolute Gasteiger partial charge is 0.129 e. The molecular formula is C15H20O3. The van der Waals surface area contributed by atoms with Gasteiger partial charge in [-0.2, -0.15) is 0 Å². The number of hydrogen-bond donors (Lipinski definition) is 0. The molecule has 0 saturated carbocycles. The molecule has 1 aromatic heterocycles. The molecule has 0 radical (unpaired) electrons. The molecule has 98 valence electrons. The second-order valence-electron chi connectivity index (χ2n) is 5.00. The average Bonchev–Trinajstić information content (AvgIpc) is 2.89. The van der Waals surface area contributed by atoms with Crippen molar-refractivity contribution in [3.8, 4) is 0 Å². The lowest BCUT2D eigenvalue weighted by Crippen LogP contribution is -2.18. The fourth-order valence-electron chi connectivity index (χ4n) is 2.39. The number of ether oxygens (including phenoxy) is 1. The average molecular weight is 248 g/mol. The van der Waals surface area contributed by atoms with E-state index in [1.165, 1.54) is 0 Å². The molecule has 2 heterocycles. The van der Waals surface area contributed by atoms with Crippen molar-refractivity contribution in [1.82, 2.24) is 0 Å². The molecule has 0 N–H and O–H groups in total. The van der Waals surface area contributed by atoms with Crippen molar-refractivity contribution in [3.63, 3.8) is 0 Å². The maximum absolute atomic E-state index is 11.2. The molecule has 3 nitrogen and oxygen atoms in total. The Morgan fingerprint density at radius 2 is 2.22 bits per heavy atom. The summed E-state index contributed by atoms with van der Waals surface area (Å²) in [5, 5.41) is 0. The van der Waals surface area contributed by atoms with Crippen LogP contribution in [0.1, 0.15) is 50.5 Å². The molecular weight excluding hydrogens is 228 g/mol. The first-order chi connectivity index (χ1) is 8.56. The third-order valence-electron chi connectivity index (χ3n) is 3.36. The van der Waals surface area contributed by atoms with Gasteiger partial charge in [0.25, 0.3) is 0 Å². The zero-order chi connectivity index (χ0) is 13.1. The van der Waals surface area contributed by atoms with E-state index in [1.54, 1.807) is 6.92 Å². The third kappa shape index (κ3) is 3.03. The van der Waals surface area contributed by atoms with Crippen LogP contribution in [0, 0.1) is 6.92 Å². The number of rotatable bonds is 5. The first kappa shape index (κ1) is 12.9. The first-order valence-electron chi connectivity index (χ1n) is 6.45. The number of allylic oxidation sites excluding steroid dienone is 1. The molecule has 1 aromatic rings. The van der Waals surface area contributed by atoms with Crippen LogP contribution in [0.3, 0.4) is 0 Å². The summed E-state index contributed by atoms with van der Waals surface area (Å²) in [4.78, 5) is 11.2. The summed E-state index contributed by atoms with van der Waals surface area (Å²) in [5.41, 5.74) is 0. The minimum Gasteiger partial charge on any atom is -0.494 e. The number of Topliss-reactive ketones (excluding diaryl/α,β-unsaturated/α-hetero) is 1. The molecule has 0 amide bonds. The Bertz CT molecular complexity index is 456. The van der Waals surface area contributed by atoms with Gasteiger partial charge in [-0.25, -0.2) is 0 Å². The van der Waals surface area contributed by atoms with E-state index in [4.69, 9.17) is 9.15 Å². The van der Waals surface area contributed by atoms with Crippen molar-refractivity contribution in [1.29, 1.82) is 0 Å². The lowest BCUT2D eigenvalue weighted by Gasteiger charge is -2.21. The fourth-order valence-corrected chi connectivity index (χ4v) is 2.39. The molecule has 1 aliphatic rings. The maximum Gasteiger partial charge on any atom is 0.129 e. The molecule has 0 aromatic carbocycles. The molecule has 2 atom stereocenters. The zero-order valence-corrected chi connectivity index (χ0v) is 11.2. The highest BCUT2D eigenvalue weighted by molar-refractivity contribution is 5.75. The van der Waals surface area contributed by atoms with Crippen LogP contribution >= 0.6 is 0 Å². The van der Waals surface area contributed by atoms with Gasteiger partial charge in [0.15, 0.2) is 0 Å². The van der Waals surface area contributed by atoms with E-state index in [-0.39, 0.29) is 17.8 Å². The Hall–Kier alpha value is -1.51. The van der Waals surface area contributed by atoms with Gasteiger partial charge in [-0.3, -0.25) is 0 Å². The Labute approximate surface area is 108 Å². The van der Waals surface area contributed by atoms with Gasteiger partial charge < -0.3 is 13.9 Å². The Kier molecular flexibility index (Phi) is 3.90. The molecule has 18 heavy (non-hydrogen) atoms. The lowest BCUT2D eigenvalue weighted by atomic mass is 9.92. The number of carbonyl (C=O) groups excluding carboxylic acids is 1. The zero-order valence-electron chi connectivity index (χ0n) is 11.2. The van der Waals surface area contributed by atoms with Crippen molar-refractivity contribution in [2.75, 3.05) is 0 Å². The van der Waals surface area contributed by atoms with Gasteiger partial charge in [-0.1, -0.05) is 0 Å². The van der Waals surface area contributed by atoms with E-state index in [2.05, 4.69) is 6.08 Å². The predicted molar refractivity (Wildman–Crippen MR) is 69.3 cm³/mol. The molecule has 2 unspecified atom stereocenters. The molecule has 0 saturated heterocycles. The van der Waals surface area contributed by atoms with Gasteiger partial charge in [0.1, 0.15) is 23.4 Å². The normalized spacial score (nSPS) is 20.4. The molecule has 2 rings (SSSR count). The standard InChI is InChI=1S/C15H20O3/c1-10(16)4-7-13(14-8-5-11(2)17-14)15-9-6-12(3)18-15/h5-6,8,13,15H,4,7,9H2,1-3H3. The van der Waals surface area contributed by atoms with Gasteiger partial charge in [-0.15, -0.1) is 0 Å². The Morgan fingerprint density at radius 3 is 2.72 bits per heavy atom. The van der Waals surface area contributed by atoms with Crippen LogP contribution in [-0.4, -0.2) is 11.9 Å². The van der Waals surface area contributed by atoms with Gasteiger partial charge in [0.2, 0.25) is 0 Å². The van der Waals surface area contributed by atoms with Crippen LogP contribution < -0.4 is 0 Å². The van der Waals surface area contributed by atoms with Crippen LogP contribution in [0.2, 0.25) is 0 Å². The summed E-state index contributed by atoms with van der Waals surface area (Å²) < 4.78 is 11.5. The molecule has 0 bridgehead atoms. The number of hydrogen-bond acceptors (Lipinski definition) is 3. The topological polar surface area (TPSA) is 39.4 Å². The van der Waals surface area contributed by atoms with E-state index in [0.29, 0.717) is 6.42 Å². The predicted octanol–water partition coefficient (Wildman–Crippen LogP) is 3.73. The van der Waals surface area contributed by atoms with Crippen molar-refractivity contribution in [3.05, 3.63) is 35.5 Å². The summed E-state index contributed by atoms with van der Waals surface area (Å²) >= 11 is 0. The first-order valence-corrected chi connectivity index (χ1v) is 6.45. The molecule has 0 aliphatic carbocycles. The second-order valence-corrected chi connectivity index (χ2v) is 5.00. The fraction of sp³-hybridized carbons (Fsp3) is 0.533. The summed E-state index contributed by atoms with van der Waals surface area (Å²) in [5.74, 6) is 3.18. The van der Waals surface area contributed by atoms with Crippen molar-refractivity contribution < 1.29 is 13.9 Å². The summed E-state index contributed by atoms with van der Waals surface area (Å²) in [7, 11) is 0. The van der Waals surface area contributed by atoms with Crippen LogP contribution in [0.4, 0.5) is 0 Å². The quantitative estimate of drug-likeness (QED) is 0.797. The van der Waals surface area contributed by atoms with Gasteiger partial charge >= 0.3 is 0 Å². The monoisotopic (exact) mass is 248 g/mol. The summed E-state index contributed by atoms with van der Waals surface area (Å²) in [6, 6.07) is 3.96. The van der Waals surface area contributed by atoms with Crippen molar-refractivity contribution >= 4 is 5.78 Å². The number of ketones is 1. The highest BCUT2D eigenvalue weighted by atomic mass is 16.5. The highest BCUT2D eigenvalue weighted by Crippen LogP contribution is 2.34. The van der Waals surface area contributed by atoms with E-state index in [9.17, 15) is 4.79 Å². The van der Waals surface area contributed by atoms with E-state index >= 15 is 0 Å². The molecule has 3 heteroatoms. The molecule has 1 aliphatic heterocycles. The number of carbonyl (C=O) groups is 1. The summed E-state index contributed by atoms with van der Waals surface area (Å²) in [6.45, 7) is 5.53. The van der Waals surface area contributed by atoms with Crippen LogP contribution in [0.15, 0.2) is 28.4 Å². The Morgan fingerprint density at radius 1 is 1.44 bits per heavy atom. The van der Waals surface area contributed by atoms with E-state index in [0.717, 1.165) is 30.1 Å². The SMILES string of the molecule is CC(=O)CCC(c1ccc(C)o1)C1CC=C(C)O1. The van der Waals surface area contributed by atoms with Gasteiger partial charge in [0.05, 0.1) is 11.7 Å². The minimum absolute atomic E-state index is 0.106. The number of aryl methyl sites for hydroxylation is 1. The van der Waals surface area contributed by atoms with E-state index in [1.807, 2.05) is 26.0 Å². The van der Waals surface area contributed by atoms with Crippen LogP contribution in [-0.2, 0) is 9.53 Å². The molecule has 0 spiro atoms. The van der Waals surface area contributed by atoms with Crippen LogP contribution in [0.5, 0.6) is 0 Å². The minimum atomic E-state index is 0.106. The van der Waals surface area contributed by atoms with Crippen molar-refractivity contribution in [2.45, 2.75) is 52.1 Å². The van der Waals surface area contributed by atoms with Crippen molar-refractivity contribution in [2.24, 2.45) is 0 Å². The molecule has 0 fully saturated rings. The lowest BCUT2D eigenvalue weighted by molar-refractivity contribution is -0.117. The van der Waals surface area contributed by atoms with Gasteiger partial charge in [0, 0.05) is 12.8 Å². The van der Waals surface area contributed by atoms with Gasteiger partial charge in [-0.05, 0) is 45.4 Å². The van der Waals surface area contributed by atoms with Crippen LogP contribution in [0.25, 0.3) is 0 Å². The maximum atomic E-state index is 11.2. The largest absolute Gasteiger partial charge is 0.494 e. The van der Waals surface area contributed by atoms with E-state index < -0.39 is 0 Å². The third-order valence-corrected chi connectivity index (χ3v) is 3.36. The Balaban J connectivity index is 2.10. The highest BCUT2D eigenvalue weighted by Gasteiger charge is 2.29.